The van der Waals surface area contributed by atoms with E-state index in [1.54, 1.807) is 6.92 Å². The molecule has 0 heterocycles. The van der Waals surface area contributed by atoms with Crippen LogP contribution in [0.4, 0.5) is 0 Å². The Balaban J connectivity index is 3.46. The molecule has 0 aromatic rings. The Morgan fingerprint density at radius 2 is 2.44 bits per heavy atom. The predicted octanol–water partition coefficient (Wildman–Crippen LogP) is -1.85. The molecule has 0 fully saturated rings. The number of rotatable bonds is 3. The smallest absolute Gasteiger partial charge is 0.367 e. The van der Waals surface area contributed by atoms with Crippen molar-refractivity contribution in [2.24, 2.45) is 0 Å². The molecule has 54 valence electrons. The maximum atomic E-state index is 10.5. The SMILES string of the molecule is CCOC(=O)C([NH3+])CO. The van der Waals surface area contributed by atoms with Crippen LogP contribution in [0.25, 0.3) is 0 Å². The first-order valence-electron chi connectivity index (χ1n) is 2.83. The van der Waals surface area contributed by atoms with E-state index in [1.165, 1.54) is 0 Å². The summed E-state index contributed by atoms with van der Waals surface area (Å²) in [6.07, 6.45) is 0. The van der Waals surface area contributed by atoms with E-state index in [0.717, 1.165) is 0 Å². The summed E-state index contributed by atoms with van der Waals surface area (Å²) in [4.78, 5) is 10.5. The highest BCUT2D eigenvalue weighted by Crippen LogP contribution is 1.80. The van der Waals surface area contributed by atoms with Crippen molar-refractivity contribution < 1.29 is 20.4 Å². The van der Waals surface area contributed by atoms with Crippen LogP contribution >= 0.6 is 0 Å². The highest BCUT2D eigenvalue weighted by Gasteiger charge is 2.15. The van der Waals surface area contributed by atoms with Crippen LogP contribution in [0.5, 0.6) is 0 Å². The number of aliphatic hydroxyl groups excluding tert-OH is 1. The van der Waals surface area contributed by atoms with Gasteiger partial charge < -0.3 is 15.6 Å². The molecule has 0 radical (unpaired) electrons. The molecular formula is C5H12NO3+. The molecule has 0 aromatic carbocycles. The number of carbonyl (C=O) groups is 1. The fraction of sp³-hybridized carbons (Fsp3) is 0.800. The van der Waals surface area contributed by atoms with Crippen molar-refractivity contribution in [3.63, 3.8) is 0 Å². The molecule has 0 aliphatic heterocycles. The van der Waals surface area contributed by atoms with Crippen LogP contribution in [0, 0.1) is 0 Å². The molecular weight excluding hydrogens is 122 g/mol. The fourth-order valence-corrected chi connectivity index (χ4v) is 0.335. The van der Waals surface area contributed by atoms with E-state index in [4.69, 9.17) is 5.11 Å². The third kappa shape index (κ3) is 3.05. The van der Waals surface area contributed by atoms with E-state index >= 15 is 0 Å². The van der Waals surface area contributed by atoms with Gasteiger partial charge in [-0.3, -0.25) is 0 Å². The Bertz CT molecular complexity index is 94.2. The van der Waals surface area contributed by atoms with Gasteiger partial charge in [0, 0.05) is 0 Å². The summed E-state index contributed by atoms with van der Waals surface area (Å²) in [6.45, 7) is 1.80. The summed E-state index contributed by atoms with van der Waals surface area (Å²) >= 11 is 0. The second-order valence-corrected chi connectivity index (χ2v) is 1.63. The molecule has 0 spiro atoms. The molecule has 0 amide bonds. The van der Waals surface area contributed by atoms with Crippen molar-refractivity contribution in [3.8, 4) is 0 Å². The van der Waals surface area contributed by atoms with Gasteiger partial charge in [0.1, 0.15) is 6.61 Å². The number of carbonyl (C=O) groups excluding carboxylic acids is 1. The van der Waals surface area contributed by atoms with Crippen molar-refractivity contribution in [2.75, 3.05) is 13.2 Å². The molecule has 0 aliphatic carbocycles. The van der Waals surface area contributed by atoms with Crippen molar-refractivity contribution in [3.05, 3.63) is 0 Å². The Hall–Kier alpha value is -0.610. The average Bonchev–Trinajstić information content (AvgIpc) is 1.87. The molecule has 0 aromatic heterocycles. The summed E-state index contributed by atoms with van der Waals surface area (Å²) in [6, 6.07) is -0.634. The number of esters is 1. The number of hydrogen-bond donors (Lipinski definition) is 2. The minimum Gasteiger partial charge on any atom is -0.462 e. The Morgan fingerprint density at radius 1 is 1.89 bits per heavy atom. The lowest BCUT2D eigenvalue weighted by Gasteiger charge is -2.02. The van der Waals surface area contributed by atoms with Crippen LogP contribution < -0.4 is 5.73 Å². The fourth-order valence-electron chi connectivity index (χ4n) is 0.335. The molecule has 0 aliphatic rings. The maximum Gasteiger partial charge on any atom is 0.367 e. The summed E-state index contributed by atoms with van der Waals surface area (Å²) in [5.41, 5.74) is 3.35. The van der Waals surface area contributed by atoms with Crippen molar-refractivity contribution in [1.82, 2.24) is 0 Å². The summed E-state index contributed by atoms with van der Waals surface area (Å²) in [7, 11) is 0. The largest absolute Gasteiger partial charge is 0.462 e. The second kappa shape index (κ2) is 4.29. The molecule has 1 atom stereocenters. The van der Waals surface area contributed by atoms with E-state index < -0.39 is 12.0 Å². The van der Waals surface area contributed by atoms with Gasteiger partial charge in [0.2, 0.25) is 6.04 Å². The zero-order valence-corrected chi connectivity index (χ0v) is 5.46. The van der Waals surface area contributed by atoms with Gasteiger partial charge in [0.15, 0.2) is 0 Å². The van der Waals surface area contributed by atoms with Gasteiger partial charge in [-0.15, -0.1) is 0 Å². The molecule has 1 unspecified atom stereocenters. The number of quaternary nitrogens is 1. The third-order valence-electron chi connectivity index (χ3n) is 0.840. The molecule has 4 N–H and O–H groups in total. The van der Waals surface area contributed by atoms with E-state index in [-0.39, 0.29) is 6.61 Å². The minimum atomic E-state index is -0.634. The Morgan fingerprint density at radius 3 is 2.78 bits per heavy atom. The van der Waals surface area contributed by atoms with Crippen LogP contribution in [-0.2, 0) is 9.53 Å². The minimum absolute atomic E-state index is 0.251. The first-order valence-corrected chi connectivity index (χ1v) is 2.83. The van der Waals surface area contributed by atoms with Crippen molar-refractivity contribution in [1.29, 1.82) is 0 Å². The summed E-state index contributed by atoms with van der Waals surface area (Å²) in [5.74, 6) is -0.444. The second-order valence-electron chi connectivity index (χ2n) is 1.63. The van der Waals surface area contributed by atoms with Gasteiger partial charge in [0.05, 0.1) is 6.61 Å². The lowest BCUT2D eigenvalue weighted by Crippen LogP contribution is -2.67. The highest BCUT2D eigenvalue weighted by molar-refractivity contribution is 5.73. The third-order valence-corrected chi connectivity index (χ3v) is 0.840. The Kier molecular flexibility index (Phi) is 4.00. The molecule has 0 bridgehead atoms. The molecule has 0 saturated carbocycles. The summed E-state index contributed by atoms with van der Waals surface area (Å²) in [5, 5.41) is 8.37. The van der Waals surface area contributed by atoms with Crippen molar-refractivity contribution >= 4 is 5.97 Å². The summed E-state index contributed by atoms with van der Waals surface area (Å²) < 4.78 is 4.53. The lowest BCUT2D eigenvalue weighted by molar-refractivity contribution is -0.413. The molecule has 4 nitrogen and oxygen atoms in total. The maximum absolute atomic E-state index is 10.5. The van der Waals surface area contributed by atoms with E-state index in [1.807, 2.05) is 0 Å². The quantitative estimate of drug-likeness (QED) is 0.445. The van der Waals surface area contributed by atoms with Gasteiger partial charge in [-0.05, 0) is 6.92 Å². The van der Waals surface area contributed by atoms with Crippen molar-refractivity contribution in [2.45, 2.75) is 13.0 Å². The van der Waals surface area contributed by atoms with Crippen LogP contribution in [0.15, 0.2) is 0 Å². The normalized spacial score (nSPS) is 12.8. The van der Waals surface area contributed by atoms with E-state index in [2.05, 4.69) is 10.5 Å². The monoisotopic (exact) mass is 134 g/mol. The highest BCUT2D eigenvalue weighted by atomic mass is 16.5. The van der Waals surface area contributed by atoms with E-state index in [0.29, 0.717) is 6.61 Å². The van der Waals surface area contributed by atoms with Gasteiger partial charge >= 0.3 is 5.97 Å². The van der Waals surface area contributed by atoms with Crippen LogP contribution in [0.3, 0.4) is 0 Å². The number of ether oxygens (including phenoxy) is 1. The van der Waals surface area contributed by atoms with Crippen LogP contribution in [-0.4, -0.2) is 30.3 Å². The first kappa shape index (κ1) is 8.39. The molecule has 0 rings (SSSR count). The Labute approximate surface area is 53.6 Å². The van der Waals surface area contributed by atoms with Crippen LogP contribution in [0.1, 0.15) is 6.92 Å². The van der Waals surface area contributed by atoms with E-state index in [9.17, 15) is 4.79 Å². The standard InChI is InChI=1S/C5H11NO3/c1-2-9-5(8)4(6)3-7/h4,7H,2-3,6H2,1H3/p+1. The van der Waals surface area contributed by atoms with Gasteiger partial charge in [-0.25, -0.2) is 4.79 Å². The zero-order valence-electron chi connectivity index (χ0n) is 5.46. The van der Waals surface area contributed by atoms with Gasteiger partial charge in [-0.1, -0.05) is 0 Å². The molecule has 9 heavy (non-hydrogen) atoms. The van der Waals surface area contributed by atoms with Gasteiger partial charge in [0.25, 0.3) is 0 Å². The first-order chi connectivity index (χ1) is 4.22. The van der Waals surface area contributed by atoms with Crippen LogP contribution in [0.2, 0.25) is 0 Å². The average molecular weight is 134 g/mol. The molecule has 0 saturated heterocycles. The predicted molar refractivity (Wildman–Crippen MR) is 30.4 cm³/mol. The topological polar surface area (TPSA) is 74.2 Å². The molecule has 4 heteroatoms. The van der Waals surface area contributed by atoms with Gasteiger partial charge in [-0.2, -0.15) is 0 Å². The zero-order chi connectivity index (χ0) is 7.28. The lowest BCUT2D eigenvalue weighted by atomic mass is 10.3. The number of hydrogen-bond acceptors (Lipinski definition) is 3. The number of aliphatic hydroxyl groups is 1.